The lowest BCUT2D eigenvalue weighted by Crippen LogP contribution is -2.12. The normalized spacial score (nSPS) is 28.4. The highest BCUT2D eigenvalue weighted by molar-refractivity contribution is 4.88. The summed E-state index contributed by atoms with van der Waals surface area (Å²) in [5.41, 5.74) is 0. The molecule has 0 heterocycles. The minimum atomic E-state index is 0.905. The molecule has 1 rings (SSSR count). The van der Waals surface area contributed by atoms with Crippen LogP contribution in [0, 0.1) is 11.8 Å². The fourth-order valence-corrected chi connectivity index (χ4v) is 2.62. The summed E-state index contributed by atoms with van der Waals surface area (Å²) >= 11 is 0. The number of allylic oxidation sites excluding steroid dienone is 2. The van der Waals surface area contributed by atoms with Crippen LogP contribution in [0.1, 0.15) is 65.2 Å². The molecule has 0 atom stereocenters. The second kappa shape index (κ2) is 7.09. The SMILES string of the molecule is CC=CC1CCC(CCCCC)CC1. The van der Waals surface area contributed by atoms with Crippen molar-refractivity contribution in [3.05, 3.63) is 12.2 Å². The van der Waals surface area contributed by atoms with Gasteiger partial charge in [0.05, 0.1) is 0 Å². The van der Waals surface area contributed by atoms with E-state index in [1.54, 1.807) is 0 Å². The first-order valence-corrected chi connectivity index (χ1v) is 6.49. The molecule has 0 bridgehead atoms. The fraction of sp³-hybridized carbons (Fsp3) is 0.857. The Bertz CT molecular complexity index is 149. The van der Waals surface area contributed by atoms with E-state index in [-0.39, 0.29) is 0 Å². The summed E-state index contributed by atoms with van der Waals surface area (Å²) in [5, 5.41) is 0. The van der Waals surface area contributed by atoms with Crippen LogP contribution >= 0.6 is 0 Å². The second-order valence-corrected chi connectivity index (χ2v) is 4.80. The van der Waals surface area contributed by atoms with E-state index >= 15 is 0 Å². The average Bonchev–Trinajstić information content (AvgIpc) is 2.21. The van der Waals surface area contributed by atoms with E-state index < -0.39 is 0 Å². The summed E-state index contributed by atoms with van der Waals surface area (Å²) in [6.07, 6.45) is 16.3. The summed E-state index contributed by atoms with van der Waals surface area (Å²) < 4.78 is 0. The predicted molar refractivity (Wildman–Crippen MR) is 64.4 cm³/mol. The van der Waals surface area contributed by atoms with Crippen molar-refractivity contribution in [3.63, 3.8) is 0 Å². The van der Waals surface area contributed by atoms with Crippen molar-refractivity contribution in [3.8, 4) is 0 Å². The van der Waals surface area contributed by atoms with Crippen molar-refractivity contribution in [1.29, 1.82) is 0 Å². The van der Waals surface area contributed by atoms with Crippen LogP contribution < -0.4 is 0 Å². The Morgan fingerprint density at radius 2 is 1.79 bits per heavy atom. The van der Waals surface area contributed by atoms with Gasteiger partial charge in [0.1, 0.15) is 0 Å². The van der Waals surface area contributed by atoms with Gasteiger partial charge >= 0.3 is 0 Å². The van der Waals surface area contributed by atoms with Crippen LogP contribution in [0.25, 0.3) is 0 Å². The van der Waals surface area contributed by atoms with E-state index in [4.69, 9.17) is 0 Å². The lowest BCUT2D eigenvalue weighted by Gasteiger charge is -2.26. The van der Waals surface area contributed by atoms with E-state index in [0.29, 0.717) is 0 Å². The molecule has 82 valence electrons. The molecule has 1 aliphatic rings. The monoisotopic (exact) mass is 194 g/mol. The molecule has 1 aliphatic carbocycles. The van der Waals surface area contributed by atoms with Gasteiger partial charge in [-0.15, -0.1) is 0 Å². The summed E-state index contributed by atoms with van der Waals surface area (Å²) in [5.74, 6) is 1.96. The highest BCUT2D eigenvalue weighted by atomic mass is 14.2. The molecule has 0 N–H and O–H groups in total. The van der Waals surface area contributed by atoms with E-state index in [1.165, 1.54) is 51.4 Å². The maximum absolute atomic E-state index is 2.41. The van der Waals surface area contributed by atoms with Crippen molar-refractivity contribution < 1.29 is 0 Å². The summed E-state index contributed by atoms with van der Waals surface area (Å²) in [6, 6.07) is 0. The molecule has 1 fully saturated rings. The molecule has 1 saturated carbocycles. The van der Waals surface area contributed by atoms with Crippen LogP contribution in [0.3, 0.4) is 0 Å². The summed E-state index contributed by atoms with van der Waals surface area (Å²) in [7, 11) is 0. The highest BCUT2D eigenvalue weighted by Gasteiger charge is 2.18. The predicted octanol–water partition coefficient (Wildman–Crippen LogP) is 4.95. The molecule has 0 aliphatic heterocycles. The quantitative estimate of drug-likeness (QED) is 0.429. The van der Waals surface area contributed by atoms with Crippen LogP contribution in [0.2, 0.25) is 0 Å². The zero-order valence-corrected chi connectivity index (χ0v) is 9.97. The minimum absolute atomic E-state index is 0.905. The summed E-state index contributed by atoms with van der Waals surface area (Å²) in [6.45, 7) is 4.44. The third-order valence-electron chi connectivity index (χ3n) is 3.57. The van der Waals surface area contributed by atoms with Crippen LogP contribution in [0.4, 0.5) is 0 Å². The third-order valence-corrected chi connectivity index (χ3v) is 3.57. The summed E-state index contributed by atoms with van der Waals surface area (Å²) in [4.78, 5) is 0. The van der Waals surface area contributed by atoms with Crippen molar-refractivity contribution in [2.75, 3.05) is 0 Å². The Hall–Kier alpha value is -0.260. The molecular formula is C14H26. The minimum Gasteiger partial charge on any atom is -0.0914 e. The molecule has 0 heteroatoms. The molecule has 0 unspecified atom stereocenters. The smallest absolute Gasteiger partial charge is 0.0233 e. The molecule has 0 nitrogen and oxygen atoms in total. The van der Waals surface area contributed by atoms with E-state index in [9.17, 15) is 0 Å². The number of hydrogen-bond donors (Lipinski definition) is 0. The number of hydrogen-bond acceptors (Lipinski definition) is 0. The first-order valence-electron chi connectivity index (χ1n) is 6.49. The number of unbranched alkanes of at least 4 members (excludes halogenated alkanes) is 2. The first kappa shape index (κ1) is 11.8. The van der Waals surface area contributed by atoms with Crippen LogP contribution in [-0.4, -0.2) is 0 Å². The lowest BCUT2D eigenvalue weighted by atomic mass is 9.79. The zero-order chi connectivity index (χ0) is 10.2. The van der Waals surface area contributed by atoms with Crippen molar-refractivity contribution in [1.82, 2.24) is 0 Å². The Balaban J connectivity index is 2.09. The van der Waals surface area contributed by atoms with Crippen LogP contribution in [0.5, 0.6) is 0 Å². The topological polar surface area (TPSA) is 0 Å². The van der Waals surface area contributed by atoms with Gasteiger partial charge in [0, 0.05) is 0 Å². The van der Waals surface area contributed by atoms with Crippen LogP contribution in [0.15, 0.2) is 12.2 Å². The maximum Gasteiger partial charge on any atom is -0.0233 e. The lowest BCUT2D eigenvalue weighted by molar-refractivity contribution is 0.289. The largest absolute Gasteiger partial charge is 0.0914 e. The molecule has 0 radical (unpaired) electrons. The van der Waals surface area contributed by atoms with Gasteiger partial charge in [0.25, 0.3) is 0 Å². The highest BCUT2D eigenvalue weighted by Crippen LogP contribution is 2.32. The zero-order valence-electron chi connectivity index (χ0n) is 9.97. The molecule has 0 aromatic rings. The van der Waals surface area contributed by atoms with Gasteiger partial charge in [-0.25, -0.2) is 0 Å². The average molecular weight is 194 g/mol. The van der Waals surface area contributed by atoms with Gasteiger partial charge in [-0.3, -0.25) is 0 Å². The van der Waals surface area contributed by atoms with E-state index in [1.807, 2.05) is 0 Å². The van der Waals surface area contributed by atoms with Gasteiger partial charge in [-0.1, -0.05) is 44.8 Å². The maximum atomic E-state index is 2.41. The Morgan fingerprint density at radius 1 is 1.07 bits per heavy atom. The van der Waals surface area contributed by atoms with Crippen molar-refractivity contribution >= 4 is 0 Å². The molecule has 0 aromatic carbocycles. The Morgan fingerprint density at radius 3 is 2.36 bits per heavy atom. The molecule has 0 aromatic heterocycles. The molecule has 14 heavy (non-hydrogen) atoms. The third kappa shape index (κ3) is 4.30. The van der Waals surface area contributed by atoms with Gasteiger partial charge in [0.15, 0.2) is 0 Å². The van der Waals surface area contributed by atoms with Gasteiger partial charge in [0.2, 0.25) is 0 Å². The van der Waals surface area contributed by atoms with Crippen molar-refractivity contribution in [2.45, 2.75) is 65.2 Å². The fourth-order valence-electron chi connectivity index (χ4n) is 2.62. The Kier molecular flexibility index (Phi) is 5.98. The Labute approximate surface area is 89.8 Å². The molecule has 0 spiro atoms. The van der Waals surface area contributed by atoms with E-state index in [2.05, 4.69) is 26.0 Å². The molecule has 0 saturated heterocycles. The number of rotatable bonds is 5. The first-order chi connectivity index (χ1) is 6.86. The van der Waals surface area contributed by atoms with Gasteiger partial charge in [-0.05, 0) is 44.4 Å². The van der Waals surface area contributed by atoms with Crippen LogP contribution in [-0.2, 0) is 0 Å². The van der Waals surface area contributed by atoms with Gasteiger partial charge < -0.3 is 0 Å². The second-order valence-electron chi connectivity index (χ2n) is 4.80. The standard InChI is InChI=1S/C14H26/c1-3-5-6-8-14-11-9-13(7-4-2)10-12-14/h4,7,13-14H,3,5-6,8-12H2,1-2H3. The van der Waals surface area contributed by atoms with Crippen molar-refractivity contribution in [2.24, 2.45) is 11.8 Å². The van der Waals surface area contributed by atoms with E-state index in [0.717, 1.165) is 11.8 Å². The molecular weight excluding hydrogens is 168 g/mol. The van der Waals surface area contributed by atoms with Gasteiger partial charge in [-0.2, -0.15) is 0 Å². The molecule has 0 amide bonds.